The van der Waals surface area contributed by atoms with Crippen molar-refractivity contribution in [3.05, 3.63) is 69.8 Å². The van der Waals surface area contributed by atoms with Crippen molar-refractivity contribution in [2.45, 2.75) is 0 Å². The maximum absolute atomic E-state index is 11.3. The Morgan fingerprint density at radius 2 is 1.83 bits per heavy atom. The summed E-state index contributed by atoms with van der Waals surface area (Å²) < 4.78 is 5.06. The van der Waals surface area contributed by atoms with Gasteiger partial charge >= 0.3 is 5.97 Å². The predicted octanol–water partition coefficient (Wildman–Crippen LogP) is 2.51. The van der Waals surface area contributed by atoms with Crippen LogP contribution in [0.4, 0.5) is 0 Å². The minimum atomic E-state index is -1.26. The van der Waals surface area contributed by atoms with Gasteiger partial charge in [-0.25, -0.2) is 4.79 Å². The van der Waals surface area contributed by atoms with Crippen molar-refractivity contribution in [3.63, 3.8) is 0 Å². The molecule has 0 aliphatic rings. The van der Waals surface area contributed by atoms with Gasteiger partial charge in [-0.3, -0.25) is 4.79 Å². The van der Waals surface area contributed by atoms with Gasteiger partial charge in [0.05, 0.1) is 0 Å². The normalized spacial score (nSPS) is 10.7. The van der Waals surface area contributed by atoms with E-state index in [4.69, 9.17) is 9.52 Å². The van der Waals surface area contributed by atoms with Gasteiger partial charge in [-0.05, 0) is 11.6 Å². The van der Waals surface area contributed by atoms with E-state index in [1.54, 1.807) is 12.2 Å². The summed E-state index contributed by atoms with van der Waals surface area (Å²) in [4.78, 5) is 22.0. The SMILES string of the molecule is O=C(O)c1cc(=O)cc(/C=C/c2ccccc2)o1. The third kappa shape index (κ3) is 2.95. The molecular formula is C14H10O4. The molecule has 0 atom stereocenters. The number of carboxylic acid groups (broad SMARTS) is 1. The fraction of sp³-hybridized carbons (Fsp3) is 0. The Balaban J connectivity index is 2.32. The summed E-state index contributed by atoms with van der Waals surface area (Å²) in [6, 6.07) is 11.6. The van der Waals surface area contributed by atoms with E-state index in [9.17, 15) is 9.59 Å². The van der Waals surface area contributed by atoms with Crippen molar-refractivity contribution in [2.24, 2.45) is 0 Å². The molecular weight excluding hydrogens is 232 g/mol. The molecule has 0 unspecified atom stereocenters. The predicted molar refractivity (Wildman–Crippen MR) is 67.3 cm³/mol. The zero-order valence-corrected chi connectivity index (χ0v) is 9.37. The molecule has 0 spiro atoms. The molecule has 1 aromatic heterocycles. The van der Waals surface area contributed by atoms with E-state index in [2.05, 4.69) is 0 Å². The number of carbonyl (C=O) groups is 1. The topological polar surface area (TPSA) is 67.5 Å². The van der Waals surface area contributed by atoms with Crippen LogP contribution < -0.4 is 5.43 Å². The van der Waals surface area contributed by atoms with E-state index in [0.717, 1.165) is 11.6 Å². The van der Waals surface area contributed by atoms with E-state index in [-0.39, 0.29) is 11.5 Å². The monoisotopic (exact) mass is 242 g/mol. The lowest BCUT2D eigenvalue weighted by Crippen LogP contribution is -2.05. The maximum Gasteiger partial charge on any atom is 0.371 e. The lowest BCUT2D eigenvalue weighted by atomic mass is 10.2. The van der Waals surface area contributed by atoms with E-state index in [1.165, 1.54) is 6.07 Å². The van der Waals surface area contributed by atoms with Crippen molar-refractivity contribution in [2.75, 3.05) is 0 Å². The molecule has 0 bridgehead atoms. The Kier molecular flexibility index (Phi) is 3.38. The lowest BCUT2D eigenvalue weighted by molar-refractivity contribution is 0.0659. The van der Waals surface area contributed by atoms with Crippen LogP contribution in [0.15, 0.2) is 51.7 Å². The summed E-state index contributed by atoms with van der Waals surface area (Å²) in [7, 11) is 0. The molecule has 0 aliphatic heterocycles. The number of rotatable bonds is 3. The lowest BCUT2D eigenvalue weighted by Gasteiger charge is -1.96. The standard InChI is InChI=1S/C14H10O4/c15-11-8-12(18-13(9-11)14(16)17)7-6-10-4-2-1-3-5-10/h1-9H,(H,16,17)/b7-6+. The van der Waals surface area contributed by atoms with Crippen LogP contribution in [-0.4, -0.2) is 11.1 Å². The summed E-state index contributed by atoms with van der Waals surface area (Å²) in [5, 5.41) is 8.76. The van der Waals surface area contributed by atoms with Gasteiger partial charge in [-0.2, -0.15) is 0 Å². The van der Waals surface area contributed by atoms with Gasteiger partial charge in [0, 0.05) is 12.1 Å². The molecule has 1 aromatic carbocycles. The zero-order valence-electron chi connectivity index (χ0n) is 9.37. The van der Waals surface area contributed by atoms with E-state index >= 15 is 0 Å². The van der Waals surface area contributed by atoms with Gasteiger partial charge in [0.2, 0.25) is 5.76 Å². The van der Waals surface area contributed by atoms with E-state index in [0.29, 0.717) is 0 Å². The average molecular weight is 242 g/mol. The first kappa shape index (κ1) is 11.9. The second-order valence-electron chi connectivity index (χ2n) is 3.61. The number of benzene rings is 1. The highest BCUT2D eigenvalue weighted by molar-refractivity contribution is 5.84. The fourth-order valence-corrected chi connectivity index (χ4v) is 1.43. The Hall–Kier alpha value is -2.62. The largest absolute Gasteiger partial charge is 0.475 e. The van der Waals surface area contributed by atoms with Crippen LogP contribution in [0.1, 0.15) is 21.9 Å². The summed E-state index contributed by atoms with van der Waals surface area (Å²) in [6.07, 6.45) is 3.30. The number of aromatic carboxylic acids is 1. The van der Waals surface area contributed by atoms with Crippen LogP contribution in [0.2, 0.25) is 0 Å². The minimum absolute atomic E-state index is 0.212. The fourth-order valence-electron chi connectivity index (χ4n) is 1.43. The van der Waals surface area contributed by atoms with Crippen molar-refractivity contribution < 1.29 is 14.3 Å². The number of hydrogen-bond acceptors (Lipinski definition) is 3. The first-order valence-corrected chi connectivity index (χ1v) is 5.27. The number of carboxylic acids is 1. The van der Waals surface area contributed by atoms with Gasteiger partial charge in [0.15, 0.2) is 5.43 Å². The first-order valence-electron chi connectivity index (χ1n) is 5.27. The molecule has 0 amide bonds. The molecule has 0 radical (unpaired) electrons. The second-order valence-corrected chi connectivity index (χ2v) is 3.61. The molecule has 4 heteroatoms. The average Bonchev–Trinajstić information content (AvgIpc) is 2.37. The molecule has 1 heterocycles. The minimum Gasteiger partial charge on any atom is -0.475 e. The van der Waals surface area contributed by atoms with Crippen LogP contribution in [0, 0.1) is 0 Å². The molecule has 90 valence electrons. The van der Waals surface area contributed by atoms with Gasteiger partial charge in [0.1, 0.15) is 5.76 Å². The Morgan fingerprint density at radius 3 is 2.50 bits per heavy atom. The van der Waals surface area contributed by atoms with Crippen molar-refractivity contribution >= 4 is 18.1 Å². The Labute approximate surface area is 103 Å². The highest BCUT2D eigenvalue weighted by Gasteiger charge is 2.07. The molecule has 0 fully saturated rings. The molecule has 2 aromatic rings. The summed E-state index contributed by atoms with van der Waals surface area (Å²) >= 11 is 0. The highest BCUT2D eigenvalue weighted by Crippen LogP contribution is 2.08. The Morgan fingerprint density at radius 1 is 1.11 bits per heavy atom. The molecule has 0 aliphatic carbocycles. The molecule has 4 nitrogen and oxygen atoms in total. The number of hydrogen-bond donors (Lipinski definition) is 1. The maximum atomic E-state index is 11.3. The third-order valence-corrected chi connectivity index (χ3v) is 2.24. The van der Waals surface area contributed by atoms with Crippen LogP contribution in [-0.2, 0) is 0 Å². The quantitative estimate of drug-likeness (QED) is 0.897. The molecule has 0 saturated heterocycles. The van der Waals surface area contributed by atoms with Crippen LogP contribution in [0.5, 0.6) is 0 Å². The smallest absolute Gasteiger partial charge is 0.371 e. The summed E-state index contributed by atoms with van der Waals surface area (Å²) in [5.41, 5.74) is 0.534. The van der Waals surface area contributed by atoms with E-state index in [1.807, 2.05) is 30.3 Å². The van der Waals surface area contributed by atoms with Crippen LogP contribution in [0.3, 0.4) is 0 Å². The van der Waals surface area contributed by atoms with Gasteiger partial charge < -0.3 is 9.52 Å². The van der Waals surface area contributed by atoms with E-state index < -0.39 is 11.4 Å². The molecule has 0 saturated carbocycles. The van der Waals surface area contributed by atoms with Gasteiger partial charge in [-0.1, -0.05) is 36.4 Å². The van der Waals surface area contributed by atoms with Gasteiger partial charge in [-0.15, -0.1) is 0 Å². The van der Waals surface area contributed by atoms with Crippen LogP contribution in [0.25, 0.3) is 12.2 Å². The van der Waals surface area contributed by atoms with Crippen molar-refractivity contribution in [3.8, 4) is 0 Å². The second kappa shape index (κ2) is 5.14. The third-order valence-electron chi connectivity index (χ3n) is 2.24. The summed E-state index contributed by atoms with van der Waals surface area (Å²) in [6.45, 7) is 0. The zero-order chi connectivity index (χ0) is 13.0. The van der Waals surface area contributed by atoms with Gasteiger partial charge in [0.25, 0.3) is 0 Å². The van der Waals surface area contributed by atoms with Crippen molar-refractivity contribution in [1.29, 1.82) is 0 Å². The molecule has 1 N–H and O–H groups in total. The highest BCUT2D eigenvalue weighted by atomic mass is 16.4. The molecule has 2 rings (SSSR count). The van der Waals surface area contributed by atoms with Crippen molar-refractivity contribution in [1.82, 2.24) is 0 Å². The molecule has 18 heavy (non-hydrogen) atoms. The first-order chi connectivity index (χ1) is 8.65. The Bertz CT molecular complexity index is 638. The van der Waals surface area contributed by atoms with Crippen LogP contribution >= 0.6 is 0 Å². The summed E-state index contributed by atoms with van der Waals surface area (Å²) in [5.74, 6) is -1.42.